The van der Waals surface area contributed by atoms with Crippen molar-refractivity contribution >= 4 is 22.5 Å². The normalized spacial score (nSPS) is 10.4. The van der Waals surface area contributed by atoms with Crippen molar-refractivity contribution in [3.8, 4) is 23.2 Å². The number of nitrogens with one attached hydrogen (secondary N) is 1. The molecule has 0 atom stereocenters. The van der Waals surface area contributed by atoms with E-state index >= 15 is 0 Å². The largest absolute Gasteiger partial charge is 0.497 e. The van der Waals surface area contributed by atoms with Crippen molar-refractivity contribution in [2.75, 3.05) is 12.4 Å². The number of ether oxygens (including phenoxy) is 1. The topological polar surface area (TPSA) is 96.6 Å². The van der Waals surface area contributed by atoms with Crippen molar-refractivity contribution in [1.29, 1.82) is 5.26 Å². The highest BCUT2D eigenvalue weighted by atomic mass is 16.5. The average molecular weight is 354 g/mol. The molecular formula is C20H14N6O. The van der Waals surface area contributed by atoms with E-state index in [1.807, 2.05) is 30.3 Å². The van der Waals surface area contributed by atoms with Gasteiger partial charge in [-0.05, 0) is 42.5 Å². The Hall–Kier alpha value is -4.05. The van der Waals surface area contributed by atoms with Crippen LogP contribution in [0.5, 0.6) is 5.75 Å². The molecule has 7 nitrogen and oxygen atoms in total. The lowest BCUT2D eigenvalue weighted by Gasteiger charge is -2.11. The van der Waals surface area contributed by atoms with E-state index in [1.54, 1.807) is 31.6 Å². The Morgan fingerprint density at radius 1 is 1.07 bits per heavy atom. The van der Waals surface area contributed by atoms with Crippen LogP contribution in [-0.2, 0) is 0 Å². The molecule has 4 rings (SSSR count). The summed E-state index contributed by atoms with van der Waals surface area (Å²) in [5.41, 5.74) is 2.07. The van der Waals surface area contributed by atoms with Crippen LogP contribution >= 0.6 is 0 Å². The van der Waals surface area contributed by atoms with E-state index in [0.717, 1.165) is 16.5 Å². The Bertz CT molecular complexity index is 1140. The third-order valence-electron chi connectivity index (χ3n) is 3.96. The second-order valence-electron chi connectivity index (χ2n) is 5.69. The number of fused-ring (bicyclic) bond motifs is 1. The van der Waals surface area contributed by atoms with Crippen LogP contribution < -0.4 is 10.1 Å². The van der Waals surface area contributed by atoms with Gasteiger partial charge >= 0.3 is 0 Å². The number of aromatic nitrogens is 4. The molecule has 0 aliphatic carbocycles. The van der Waals surface area contributed by atoms with E-state index < -0.39 is 0 Å². The number of methoxy groups -OCH3 is 1. The number of hydrogen-bond acceptors (Lipinski definition) is 7. The molecule has 130 valence electrons. The quantitative estimate of drug-likeness (QED) is 0.596. The first-order chi connectivity index (χ1) is 13.3. The van der Waals surface area contributed by atoms with Gasteiger partial charge in [-0.25, -0.2) is 15.0 Å². The third kappa shape index (κ3) is 3.37. The predicted octanol–water partition coefficient (Wildman–Crippen LogP) is 3.71. The van der Waals surface area contributed by atoms with Gasteiger partial charge in [-0.3, -0.25) is 4.98 Å². The Morgan fingerprint density at radius 2 is 2.00 bits per heavy atom. The number of hydrogen-bond donors (Lipinski definition) is 1. The highest BCUT2D eigenvalue weighted by Gasteiger charge is 2.11. The molecule has 0 radical (unpaired) electrons. The Kier molecular flexibility index (Phi) is 4.29. The highest BCUT2D eigenvalue weighted by molar-refractivity contribution is 5.93. The number of benzene rings is 1. The Morgan fingerprint density at radius 3 is 2.70 bits per heavy atom. The summed E-state index contributed by atoms with van der Waals surface area (Å²) in [7, 11) is 1.61. The zero-order valence-corrected chi connectivity index (χ0v) is 14.4. The number of pyridine rings is 2. The third-order valence-corrected chi connectivity index (χ3v) is 3.96. The van der Waals surface area contributed by atoms with Gasteiger partial charge < -0.3 is 10.1 Å². The maximum Gasteiger partial charge on any atom is 0.163 e. The molecule has 27 heavy (non-hydrogen) atoms. The molecule has 0 aliphatic heterocycles. The van der Waals surface area contributed by atoms with Crippen LogP contribution in [0.2, 0.25) is 0 Å². The van der Waals surface area contributed by atoms with Gasteiger partial charge in [0.1, 0.15) is 23.5 Å². The second-order valence-corrected chi connectivity index (χ2v) is 5.69. The summed E-state index contributed by atoms with van der Waals surface area (Å²) in [6.07, 6.45) is 4.93. The summed E-state index contributed by atoms with van der Waals surface area (Å²) in [6.45, 7) is 0. The monoisotopic (exact) mass is 354 g/mol. The van der Waals surface area contributed by atoms with Crippen molar-refractivity contribution in [2.24, 2.45) is 0 Å². The zero-order valence-electron chi connectivity index (χ0n) is 14.4. The van der Waals surface area contributed by atoms with Crippen LogP contribution in [0.3, 0.4) is 0 Å². The van der Waals surface area contributed by atoms with Gasteiger partial charge in [0.25, 0.3) is 0 Å². The van der Waals surface area contributed by atoms with E-state index in [4.69, 9.17) is 10.00 Å². The van der Waals surface area contributed by atoms with E-state index in [1.165, 1.54) is 6.20 Å². The fourth-order valence-electron chi connectivity index (χ4n) is 2.61. The van der Waals surface area contributed by atoms with Crippen LogP contribution in [0.1, 0.15) is 5.56 Å². The molecular weight excluding hydrogens is 340 g/mol. The molecule has 0 aliphatic rings. The second kappa shape index (κ2) is 7.06. The summed E-state index contributed by atoms with van der Waals surface area (Å²) in [4.78, 5) is 17.7. The van der Waals surface area contributed by atoms with E-state index in [-0.39, 0.29) is 0 Å². The lowest BCUT2D eigenvalue weighted by molar-refractivity contribution is 0.415. The molecule has 0 saturated carbocycles. The summed E-state index contributed by atoms with van der Waals surface area (Å²) >= 11 is 0. The first kappa shape index (κ1) is 16.4. The number of anilines is 2. The molecule has 0 saturated heterocycles. The van der Waals surface area contributed by atoms with Crippen LogP contribution in [0.4, 0.5) is 11.6 Å². The maximum atomic E-state index is 8.93. The fourth-order valence-corrected chi connectivity index (χ4v) is 2.61. The molecule has 0 fully saturated rings. The number of rotatable bonds is 4. The van der Waals surface area contributed by atoms with Gasteiger partial charge in [-0.15, -0.1) is 0 Å². The standard InChI is InChI=1S/C20H14N6O/c1-27-15-5-6-17-16(9-15)20(25-18-7-4-13(10-21)11-23-18)26-19(24-17)14-3-2-8-22-12-14/h2-9,11-12H,1H3,(H,23,24,25,26). The minimum Gasteiger partial charge on any atom is -0.497 e. The number of nitriles is 1. The van der Waals surface area contributed by atoms with Gasteiger partial charge in [0.05, 0.1) is 18.2 Å². The zero-order chi connectivity index (χ0) is 18.6. The van der Waals surface area contributed by atoms with Crippen LogP contribution in [0.25, 0.3) is 22.3 Å². The summed E-state index contributed by atoms with van der Waals surface area (Å²) in [6, 6.07) is 14.8. The van der Waals surface area contributed by atoms with E-state index in [0.29, 0.717) is 28.8 Å². The first-order valence-corrected chi connectivity index (χ1v) is 8.16. The SMILES string of the molecule is COc1ccc2nc(-c3cccnc3)nc(Nc3ccc(C#N)cn3)c2c1. The summed E-state index contributed by atoms with van der Waals surface area (Å²) < 4.78 is 5.33. The minimum atomic E-state index is 0.491. The molecule has 1 aromatic carbocycles. The van der Waals surface area contributed by atoms with E-state index in [9.17, 15) is 0 Å². The molecule has 0 unspecified atom stereocenters. The predicted molar refractivity (Wildman–Crippen MR) is 102 cm³/mol. The average Bonchev–Trinajstić information content (AvgIpc) is 2.74. The van der Waals surface area contributed by atoms with E-state index in [2.05, 4.69) is 31.3 Å². The lowest BCUT2D eigenvalue weighted by atomic mass is 10.2. The molecule has 0 spiro atoms. The van der Waals surface area contributed by atoms with Crippen molar-refractivity contribution in [3.05, 3.63) is 66.6 Å². The number of nitrogens with zero attached hydrogens (tertiary/aromatic N) is 5. The molecule has 3 aromatic heterocycles. The fraction of sp³-hybridized carbons (Fsp3) is 0.0500. The van der Waals surface area contributed by atoms with Crippen molar-refractivity contribution < 1.29 is 4.74 Å². The summed E-state index contributed by atoms with van der Waals surface area (Å²) in [5.74, 6) is 2.43. The van der Waals surface area contributed by atoms with Gasteiger partial charge in [-0.2, -0.15) is 5.26 Å². The van der Waals surface area contributed by atoms with Crippen molar-refractivity contribution in [3.63, 3.8) is 0 Å². The van der Waals surface area contributed by atoms with Gasteiger partial charge in [0.15, 0.2) is 5.82 Å². The van der Waals surface area contributed by atoms with Crippen LogP contribution in [0.15, 0.2) is 61.1 Å². The summed E-state index contributed by atoms with van der Waals surface area (Å²) in [5, 5.41) is 12.9. The molecule has 0 amide bonds. The Labute approximate surface area is 155 Å². The van der Waals surface area contributed by atoms with Crippen LogP contribution in [0, 0.1) is 11.3 Å². The van der Waals surface area contributed by atoms with Gasteiger partial charge in [0.2, 0.25) is 0 Å². The van der Waals surface area contributed by atoms with Gasteiger partial charge in [-0.1, -0.05) is 0 Å². The first-order valence-electron chi connectivity index (χ1n) is 8.16. The molecule has 1 N–H and O–H groups in total. The maximum absolute atomic E-state index is 8.93. The highest BCUT2D eigenvalue weighted by Crippen LogP contribution is 2.29. The van der Waals surface area contributed by atoms with Crippen LogP contribution in [-0.4, -0.2) is 27.0 Å². The minimum absolute atomic E-state index is 0.491. The molecule has 0 bridgehead atoms. The lowest BCUT2D eigenvalue weighted by Crippen LogP contribution is -2.01. The molecule has 3 heterocycles. The van der Waals surface area contributed by atoms with Crippen molar-refractivity contribution in [1.82, 2.24) is 19.9 Å². The Balaban J connectivity index is 1.85. The molecule has 7 heteroatoms. The van der Waals surface area contributed by atoms with Gasteiger partial charge in [0, 0.05) is 29.5 Å². The smallest absolute Gasteiger partial charge is 0.163 e. The molecule has 4 aromatic rings. The van der Waals surface area contributed by atoms with Crippen molar-refractivity contribution in [2.45, 2.75) is 0 Å².